The second-order valence-corrected chi connectivity index (χ2v) is 4.24. The lowest BCUT2D eigenvalue weighted by atomic mass is 10.1. The average molecular weight is 253 g/mol. The standard InChI is InChI=1S/C12H13ClN2O2/c13-11(16)9-1-3-10(4-2-9)12(17)15-7-5-14-6-8-15/h1-4,14H,5-8H2. The molecule has 0 radical (unpaired) electrons. The minimum absolute atomic E-state index is 0.0000661. The number of amides is 1. The number of nitrogens with one attached hydrogen (secondary N) is 1. The van der Waals surface area contributed by atoms with Crippen LogP contribution in [0.5, 0.6) is 0 Å². The van der Waals surface area contributed by atoms with E-state index in [4.69, 9.17) is 11.6 Å². The smallest absolute Gasteiger partial charge is 0.253 e. The summed E-state index contributed by atoms with van der Waals surface area (Å²) in [5.41, 5.74) is 0.997. The Labute approximate surface area is 105 Å². The Hall–Kier alpha value is -1.39. The molecular formula is C12H13ClN2O2. The van der Waals surface area contributed by atoms with Crippen molar-refractivity contribution in [3.8, 4) is 0 Å². The van der Waals surface area contributed by atoms with Crippen LogP contribution >= 0.6 is 11.6 Å². The Kier molecular flexibility index (Phi) is 3.76. The van der Waals surface area contributed by atoms with Crippen molar-refractivity contribution in [3.05, 3.63) is 35.4 Å². The summed E-state index contributed by atoms with van der Waals surface area (Å²) >= 11 is 5.34. The van der Waals surface area contributed by atoms with Gasteiger partial charge in [0.1, 0.15) is 0 Å². The fourth-order valence-electron chi connectivity index (χ4n) is 1.79. The minimum atomic E-state index is -0.508. The van der Waals surface area contributed by atoms with Crippen LogP contribution in [0.3, 0.4) is 0 Å². The van der Waals surface area contributed by atoms with Gasteiger partial charge >= 0.3 is 0 Å². The molecule has 1 heterocycles. The second-order valence-electron chi connectivity index (χ2n) is 3.89. The number of piperazine rings is 1. The van der Waals surface area contributed by atoms with E-state index in [0.717, 1.165) is 26.2 Å². The van der Waals surface area contributed by atoms with Gasteiger partial charge in [-0.05, 0) is 35.9 Å². The molecule has 0 aromatic heterocycles. The fraction of sp³-hybridized carbons (Fsp3) is 0.333. The summed E-state index contributed by atoms with van der Waals surface area (Å²) in [4.78, 5) is 24.8. The van der Waals surface area contributed by atoms with Gasteiger partial charge in [-0.25, -0.2) is 0 Å². The summed E-state index contributed by atoms with van der Waals surface area (Å²) in [5, 5.41) is 2.68. The van der Waals surface area contributed by atoms with Crippen LogP contribution in [0.2, 0.25) is 0 Å². The zero-order valence-electron chi connectivity index (χ0n) is 9.28. The van der Waals surface area contributed by atoms with E-state index in [2.05, 4.69) is 5.32 Å². The highest BCUT2D eigenvalue weighted by Gasteiger charge is 2.17. The van der Waals surface area contributed by atoms with Crippen molar-refractivity contribution in [3.63, 3.8) is 0 Å². The van der Waals surface area contributed by atoms with Crippen molar-refractivity contribution in [2.75, 3.05) is 26.2 Å². The second kappa shape index (κ2) is 5.29. The van der Waals surface area contributed by atoms with Crippen molar-refractivity contribution < 1.29 is 9.59 Å². The van der Waals surface area contributed by atoms with E-state index in [1.54, 1.807) is 29.2 Å². The molecule has 90 valence electrons. The molecule has 1 aliphatic heterocycles. The number of carbonyl (C=O) groups excluding carboxylic acids is 2. The summed E-state index contributed by atoms with van der Waals surface area (Å²) in [7, 11) is 0. The van der Waals surface area contributed by atoms with Gasteiger partial charge in [0.25, 0.3) is 11.1 Å². The first-order chi connectivity index (χ1) is 8.18. The van der Waals surface area contributed by atoms with Crippen LogP contribution in [0.15, 0.2) is 24.3 Å². The van der Waals surface area contributed by atoms with Crippen molar-refractivity contribution >= 4 is 22.8 Å². The lowest BCUT2D eigenvalue weighted by Crippen LogP contribution is -2.46. The fourth-order valence-corrected chi connectivity index (χ4v) is 1.92. The Bertz CT molecular complexity index is 425. The van der Waals surface area contributed by atoms with E-state index >= 15 is 0 Å². The Morgan fingerprint density at radius 2 is 1.59 bits per heavy atom. The number of carbonyl (C=O) groups is 2. The predicted octanol–water partition coefficient (Wildman–Crippen LogP) is 1.11. The molecule has 4 nitrogen and oxygen atoms in total. The molecular weight excluding hydrogens is 240 g/mol. The zero-order chi connectivity index (χ0) is 12.3. The van der Waals surface area contributed by atoms with Crippen LogP contribution in [0.1, 0.15) is 20.7 Å². The number of hydrogen-bond acceptors (Lipinski definition) is 3. The summed E-state index contributed by atoms with van der Waals surface area (Å²) < 4.78 is 0. The molecule has 0 saturated carbocycles. The van der Waals surface area contributed by atoms with Crippen LogP contribution in [0, 0.1) is 0 Å². The minimum Gasteiger partial charge on any atom is -0.336 e. The van der Waals surface area contributed by atoms with Crippen LogP contribution < -0.4 is 5.32 Å². The first-order valence-corrected chi connectivity index (χ1v) is 5.86. The van der Waals surface area contributed by atoms with Crippen molar-refractivity contribution in [2.24, 2.45) is 0 Å². The first kappa shape index (κ1) is 12.1. The molecule has 0 spiro atoms. The third kappa shape index (κ3) is 2.84. The lowest BCUT2D eigenvalue weighted by molar-refractivity contribution is 0.0735. The molecule has 0 unspecified atom stereocenters. The quantitative estimate of drug-likeness (QED) is 0.803. The highest BCUT2D eigenvalue weighted by atomic mass is 35.5. The average Bonchev–Trinajstić information content (AvgIpc) is 2.39. The van der Waals surface area contributed by atoms with E-state index < -0.39 is 5.24 Å². The SMILES string of the molecule is O=C(Cl)c1ccc(C(=O)N2CCNCC2)cc1. The zero-order valence-corrected chi connectivity index (χ0v) is 10.0. The van der Waals surface area contributed by atoms with Gasteiger partial charge in [0, 0.05) is 37.3 Å². The van der Waals surface area contributed by atoms with Gasteiger partial charge in [-0.2, -0.15) is 0 Å². The first-order valence-electron chi connectivity index (χ1n) is 5.48. The Morgan fingerprint density at radius 1 is 1.06 bits per heavy atom. The van der Waals surface area contributed by atoms with Gasteiger partial charge in [0.05, 0.1) is 0 Å². The monoisotopic (exact) mass is 252 g/mol. The van der Waals surface area contributed by atoms with Gasteiger partial charge in [-0.1, -0.05) is 0 Å². The maximum absolute atomic E-state index is 12.1. The molecule has 1 fully saturated rings. The largest absolute Gasteiger partial charge is 0.336 e. The summed E-state index contributed by atoms with van der Waals surface area (Å²) in [6.07, 6.45) is 0. The van der Waals surface area contributed by atoms with Crippen LogP contribution in [-0.2, 0) is 0 Å². The highest BCUT2D eigenvalue weighted by molar-refractivity contribution is 6.67. The van der Waals surface area contributed by atoms with Gasteiger partial charge in [-0.15, -0.1) is 0 Å². The van der Waals surface area contributed by atoms with Crippen molar-refractivity contribution in [1.29, 1.82) is 0 Å². The molecule has 2 rings (SSSR count). The molecule has 0 atom stereocenters. The number of hydrogen-bond donors (Lipinski definition) is 1. The molecule has 0 aliphatic carbocycles. The maximum atomic E-state index is 12.1. The normalized spacial score (nSPS) is 15.7. The molecule has 5 heteroatoms. The van der Waals surface area contributed by atoms with Gasteiger partial charge in [0.2, 0.25) is 0 Å². The van der Waals surface area contributed by atoms with E-state index in [-0.39, 0.29) is 5.91 Å². The summed E-state index contributed by atoms with van der Waals surface area (Å²) in [6.45, 7) is 3.08. The van der Waals surface area contributed by atoms with E-state index in [9.17, 15) is 9.59 Å². The van der Waals surface area contributed by atoms with E-state index in [0.29, 0.717) is 11.1 Å². The maximum Gasteiger partial charge on any atom is 0.253 e. The summed E-state index contributed by atoms with van der Waals surface area (Å²) in [6, 6.07) is 6.43. The molecule has 0 bridgehead atoms. The molecule has 1 amide bonds. The summed E-state index contributed by atoms with van der Waals surface area (Å²) in [5.74, 6) is 0.0000661. The van der Waals surface area contributed by atoms with Gasteiger partial charge in [-0.3, -0.25) is 9.59 Å². The molecule has 1 saturated heterocycles. The lowest BCUT2D eigenvalue weighted by Gasteiger charge is -2.27. The van der Waals surface area contributed by atoms with Crippen molar-refractivity contribution in [2.45, 2.75) is 0 Å². The number of benzene rings is 1. The van der Waals surface area contributed by atoms with E-state index in [1.165, 1.54) is 0 Å². The van der Waals surface area contributed by atoms with E-state index in [1.807, 2.05) is 0 Å². The molecule has 1 N–H and O–H groups in total. The predicted molar refractivity (Wildman–Crippen MR) is 65.4 cm³/mol. The topological polar surface area (TPSA) is 49.4 Å². The van der Waals surface area contributed by atoms with Crippen molar-refractivity contribution in [1.82, 2.24) is 10.2 Å². The van der Waals surface area contributed by atoms with Crippen LogP contribution in [0.25, 0.3) is 0 Å². The molecule has 17 heavy (non-hydrogen) atoms. The molecule has 1 aromatic carbocycles. The Balaban J connectivity index is 2.10. The van der Waals surface area contributed by atoms with Gasteiger partial charge < -0.3 is 10.2 Å². The van der Waals surface area contributed by atoms with Gasteiger partial charge in [0.15, 0.2) is 0 Å². The molecule has 1 aromatic rings. The number of halogens is 1. The Morgan fingerprint density at radius 3 is 2.12 bits per heavy atom. The van der Waals surface area contributed by atoms with Crippen LogP contribution in [0.4, 0.5) is 0 Å². The number of nitrogens with zero attached hydrogens (tertiary/aromatic N) is 1. The molecule has 1 aliphatic rings. The third-order valence-corrected chi connectivity index (χ3v) is 2.98. The number of rotatable bonds is 2. The van der Waals surface area contributed by atoms with Crippen LogP contribution in [-0.4, -0.2) is 42.2 Å². The third-order valence-electron chi connectivity index (χ3n) is 2.76. The highest BCUT2D eigenvalue weighted by Crippen LogP contribution is 2.10.